The Balaban J connectivity index is 1.66. The van der Waals surface area contributed by atoms with Crippen molar-refractivity contribution in [2.75, 3.05) is 18.6 Å². The van der Waals surface area contributed by atoms with Crippen LogP contribution in [0.15, 0.2) is 54.7 Å². The van der Waals surface area contributed by atoms with Gasteiger partial charge in [0.1, 0.15) is 0 Å². The molecular weight excluding hydrogens is 350 g/mol. The fourth-order valence-corrected chi connectivity index (χ4v) is 5.20. The van der Waals surface area contributed by atoms with Crippen LogP contribution in [0.5, 0.6) is 0 Å². The topological polar surface area (TPSA) is 71.8 Å². The molecule has 1 unspecified atom stereocenters. The van der Waals surface area contributed by atoms with Gasteiger partial charge >= 0.3 is 0 Å². The Labute approximate surface area is 152 Å². The minimum absolute atomic E-state index is 0.0432. The number of aromatic nitrogens is 2. The molecule has 4 rings (SSSR count). The Morgan fingerprint density at radius 3 is 2.77 bits per heavy atom. The Hall–Kier alpha value is -2.67. The standard InChI is InChI=1S/C19H19N3O3S/c1-21(17-9-11-26(24,25)13-17)19(23)15-5-2-4-14(12-15)18-7-3-6-16-8-10-20-22(16)18/h2-8,10,12,17H,9,11,13H2,1H3. The number of carbonyl (C=O) groups excluding carboxylic acids is 1. The summed E-state index contributed by atoms with van der Waals surface area (Å²) in [5.41, 5.74) is 3.30. The van der Waals surface area contributed by atoms with E-state index in [4.69, 9.17) is 0 Å². The molecule has 3 aromatic rings. The molecule has 2 aromatic heterocycles. The van der Waals surface area contributed by atoms with Gasteiger partial charge in [0.2, 0.25) is 0 Å². The summed E-state index contributed by atoms with van der Waals surface area (Å²) in [6, 6.07) is 14.9. The van der Waals surface area contributed by atoms with E-state index in [0.717, 1.165) is 16.8 Å². The predicted octanol–water partition coefficient (Wildman–Crippen LogP) is 2.26. The summed E-state index contributed by atoms with van der Waals surface area (Å²) in [5, 5.41) is 4.34. The van der Waals surface area contributed by atoms with Crippen LogP contribution in [0.4, 0.5) is 0 Å². The molecule has 1 aromatic carbocycles. The molecule has 1 saturated heterocycles. The van der Waals surface area contributed by atoms with Crippen molar-refractivity contribution in [3.63, 3.8) is 0 Å². The maximum atomic E-state index is 12.8. The van der Waals surface area contributed by atoms with Crippen molar-refractivity contribution in [1.82, 2.24) is 14.5 Å². The van der Waals surface area contributed by atoms with Crippen LogP contribution < -0.4 is 0 Å². The maximum Gasteiger partial charge on any atom is 0.253 e. The van der Waals surface area contributed by atoms with E-state index in [0.29, 0.717) is 12.0 Å². The van der Waals surface area contributed by atoms with Gasteiger partial charge in [0.25, 0.3) is 5.91 Å². The van der Waals surface area contributed by atoms with Crippen LogP contribution in [0.3, 0.4) is 0 Å². The highest BCUT2D eigenvalue weighted by atomic mass is 32.2. The molecular formula is C19H19N3O3S. The summed E-state index contributed by atoms with van der Waals surface area (Å²) in [6.07, 6.45) is 2.24. The van der Waals surface area contributed by atoms with E-state index in [1.807, 2.05) is 47.0 Å². The Morgan fingerprint density at radius 1 is 1.19 bits per heavy atom. The molecule has 1 aliphatic rings. The molecule has 0 bridgehead atoms. The summed E-state index contributed by atoms with van der Waals surface area (Å²) >= 11 is 0. The van der Waals surface area contributed by atoms with E-state index >= 15 is 0 Å². The number of amides is 1. The second kappa shape index (κ2) is 6.25. The molecule has 0 saturated carbocycles. The van der Waals surface area contributed by atoms with Gasteiger partial charge in [0.05, 0.1) is 28.9 Å². The summed E-state index contributed by atoms with van der Waals surface area (Å²) in [6.45, 7) is 0. The lowest BCUT2D eigenvalue weighted by Crippen LogP contribution is -2.37. The average molecular weight is 369 g/mol. The molecule has 0 N–H and O–H groups in total. The van der Waals surface area contributed by atoms with Crippen molar-refractivity contribution in [3.8, 4) is 11.3 Å². The molecule has 134 valence electrons. The van der Waals surface area contributed by atoms with Crippen molar-refractivity contribution in [3.05, 3.63) is 60.3 Å². The molecule has 26 heavy (non-hydrogen) atoms. The molecule has 0 spiro atoms. The largest absolute Gasteiger partial charge is 0.338 e. The molecule has 1 atom stereocenters. The monoisotopic (exact) mass is 369 g/mol. The normalized spacial score (nSPS) is 18.9. The van der Waals surface area contributed by atoms with Gasteiger partial charge in [-0.2, -0.15) is 5.10 Å². The number of nitrogens with zero attached hydrogens (tertiary/aromatic N) is 3. The SMILES string of the molecule is CN(C(=O)c1cccc(-c2cccc3ccnn23)c1)C1CCS(=O)(=O)C1. The predicted molar refractivity (Wildman–Crippen MR) is 99.8 cm³/mol. The number of sulfone groups is 1. The number of pyridine rings is 1. The zero-order chi connectivity index (χ0) is 18.3. The first-order valence-electron chi connectivity index (χ1n) is 8.45. The van der Waals surface area contributed by atoms with Crippen LogP contribution in [0.2, 0.25) is 0 Å². The number of hydrogen-bond donors (Lipinski definition) is 0. The van der Waals surface area contributed by atoms with Gasteiger partial charge < -0.3 is 4.90 Å². The minimum atomic E-state index is -3.03. The first-order chi connectivity index (χ1) is 12.4. The third-order valence-electron chi connectivity index (χ3n) is 4.90. The van der Waals surface area contributed by atoms with Gasteiger partial charge in [0, 0.05) is 24.2 Å². The quantitative estimate of drug-likeness (QED) is 0.710. The lowest BCUT2D eigenvalue weighted by Gasteiger charge is -2.23. The molecule has 0 radical (unpaired) electrons. The van der Waals surface area contributed by atoms with Crippen LogP contribution in [0, 0.1) is 0 Å². The number of carbonyl (C=O) groups is 1. The second-order valence-corrected chi connectivity index (χ2v) is 8.86. The van der Waals surface area contributed by atoms with Crippen molar-refractivity contribution in [2.24, 2.45) is 0 Å². The smallest absolute Gasteiger partial charge is 0.253 e. The maximum absolute atomic E-state index is 12.8. The van der Waals surface area contributed by atoms with Gasteiger partial charge in [-0.1, -0.05) is 18.2 Å². The van der Waals surface area contributed by atoms with Gasteiger partial charge in [-0.15, -0.1) is 0 Å². The lowest BCUT2D eigenvalue weighted by atomic mass is 10.1. The fraction of sp³-hybridized carbons (Fsp3) is 0.263. The van der Waals surface area contributed by atoms with Crippen molar-refractivity contribution >= 4 is 21.3 Å². The number of hydrogen-bond acceptors (Lipinski definition) is 4. The highest BCUT2D eigenvalue weighted by Gasteiger charge is 2.33. The average Bonchev–Trinajstić information content (AvgIpc) is 3.26. The van der Waals surface area contributed by atoms with Crippen LogP contribution >= 0.6 is 0 Å². The van der Waals surface area contributed by atoms with Crippen LogP contribution in [0.1, 0.15) is 16.8 Å². The van der Waals surface area contributed by atoms with Gasteiger partial charge in [-0.25, -0.2) is 12.9 Å². The van der Waals surface area contributed by atoms with Crippen LogP contribution in [0.25, 0.3) is 16.8 Å². The lowest BCUT2D eigenvalue weighted by molar-refractivity contribution is 0.0747. The Kier molecular flexibility index (Phi) is 4.03. The third-order valence-corrected chi connectivity index (χ3v) is 6.65. The third kappa shape index (κ3) is 2.99. The fourth-order valence-electron chi connectivity index (χ4n) is 3.43. The Morgan fingerprint density at radius 2 is 2.00 bits per heavy atom. The van der Waals surface area contributed by atoms with Gasteiger partial charge in [-0.3, -0.25) is 4.79 Å². The molecule has 1 amide bonds. The van der Waals surface area contributed by atoms with Crippen LogP contribution in [-0.4, -0.2) is 53.4 Å². The molecule has 1 aliphatic heterocycles. The number of fused-ring (bicyclic) bond motifs is 1. The van der Waals surface area contributed by atoms with E-state index in [-0.39, 0.29) is 23.5 Å². The first-order valence-corrected chi connectivity index (χ1v) is 10.3. The summed E-state index contributed by atoms with van der Waals surface area (Å²) in [4.78, 5) is 14.4. The zero-order valence-corrected chi connectivity index (χ0v) is 15.2. The highest BCUT2D eigenvalue weighted by Crippen LogP contribution is 2.23. The Bertz CT molecular complexity index is 1090. The number of benzene rings is 1. The molecule has 3 heterocycles. The molecule has 7 heteroatoms. The molecule has 6 nitrogen and oxygen atoms in total. The minimum Gasteiger partial charge on any atom is -0.338 e. The first kappa shape index (κ1) is 16.8. The summed E-state index contributed by atoms with van der Waals surface area (Å²) in [5.74, 6) is 0.0274. The zero-order valence-electron chi connectivity index (χ0n) is 14.4. The molecule has 1 fully saturated rings. The van der Waals surface area contributed by atoms with E-state index < -0.39 is 9.84 Å². The van der Waals surface area contributed by atoms with E-state index in [9.17, 15) is 13.2 Å². The summed E-state index contributed by atoms with van der Waals surface area (Å²) in [7, 11) is -1.36. The highest BCUT2D eigenvalue weighted by molar-refractivity contribution is 7.91. The van der Waals surface area contributed by atoms with Crippen molar-refractivity contribution < 1.29 is 13.2 Å². The van der Waals surface area contributed by atoms with E-state index in [2.05, 4.69) is 5.10 Å². The molecule has 0 aliphatic carbocycles. The van der Waals surface area contributed by atoms with Gasteiger partial charge in [-0.05, 0) is 36.8 Å². The van der Waals surface area contributed by atoms with Gasteiger partial charge in [0.15, 0.2) is 9.84 Å². The summed E-state index contributed by atoms with van der Waals surface area (Å²) < 4.78 is 25.2. The van der Waals surface area contributed by atoms with E-state index in [1.165, 1.54) is 0 Å². The van der Waals surface area contributed by atoms with Crippen molar-refractivity contribution in [2.45, 2.75) is 12.5 Å². The van der Waals surface area contributed by atoms with Crippen LogP contribution in [-0.2, 0) is 9.84 Å². The second-order valence-electron chi connectivity index (χ2n) is 6.63. The van der Waals surface area contributed by atoms with Crippen molar-refractivity contribution in [1.29, 1.82) is 0 Å². The van der Waals surface area contributed by atoms with E-state index in [1.54, 1.807) is 24.2 Å². The number of rotatable bonds is 3.